The standard InChI is InChI=1S/C10H14ClNO/c1-13-10-7-9(11)5-4-8(10)3-2-6-12/h4-5,7H,2-3,6,12H2,1H3. The van der Waals surface area contributed by atoms with Crippen molar-refractivity contribution in [1.29, 1.82) is 0 Å². The molecule has 13 heavy (non-hydrogen) atoms. The highest BCUT2D eigenvalue weighted by molar-refractivity contribution is 6.30. The van der Waals surface area contributed by atoms with Gasteiger partial charge in [0.15, 0.2) is 0 Å². The molecule has 1 aromatic rings. The second-order valence-corrected chi connectivity index (χ2v) is 3.28. The minimum Gasteiger partial charge on any atom is -0.496 e. The van der Waals surface area contributed by atoms with Crippen LogP contribution in [0.5, 0.6) is 5.75 Å². The number of ether oxygens (including phenoxy) is 1. The van der Waals surface area contributed by atoms with E-state index < -0.39 is 0 Å². The third-order valence-electron chi connectivity index (χ3n) is 1.90. The highest BCUT2D eigenvalue weighted by atomic mass is 35.5. The van der Waals surface area contributed by atoms with Crippen molar-refractivity contribution in [2.45, 2.75) is 12.8 Å². The molecule has 2 nitrogen and oxygen atoms in total. The lowest BCUT2D eigenvalue weighted by atomic mass is 10.1. The average Bonchev–Trinajstić information content (AvgIpc) is 2.16. The first-order valence-electron chi connectivity index (χ1n) is 4.30. The smallest absolute Gasteiger partial charge is 0.123 e. The molecule has 3 heteroatoms. The minimum absolute atomic E-state index is 0.700. The number of nitrogens with two attached hydrogens (primary N) is 1. The van der Waals surface area contributed by atoms with Gasteiger partial charge in [0.25, 0.3) is 0 Å². The molecule has 0 saturated heterocycles. The van der Waals surface area contributed by atoms with Gasteiger partial charge in [0.05, 0.1) is 7.11 Å². The van der Waals surface area contributed by atoms with Gasteiger partial charge in [0, 0.05) is 5.02 Å². The van der Waals surface area contributed by atoms with E-state index in [4.69, 9.17) is 22.1 Å². The van der Waals surface area contributed by atoms with Crippen LogP contribution >= 0.6 is 11.6 Å². The SMILES string of the molecule is COc1cc(Cl)ccc1CCCN. The van der Waals surface area contributed by atoms with Gasteiger partial charge in [-0.05, 0) is 37.1 Å². The summed E-state index contributed by atoms with van der Waals surface area (Å²) in [4.78, 5) is 0. The number of hydrogen-bond acceptors (Lipinski definition) is 2. The quantitative estimate of drug-likeness (QED) is 0.808. The number of rotatable bonds is 4. The van der Waals surface area contributed by atoms with Crippen LogP contribution in [0.4, 0.5) is 0 Å². The van der Waals surface area contributed by atoms with E-state index in [9.17, 15) is 0 Å². The van der Waals surface area contributed by atoms with Crippen LogP contribution in [-0.4, -0.2) is 13.7 Å². The van der Waals surface area contributed by atoms with Gasteiger partial charge in [-0.1, -0.05) is 17.7 Å². The summed E-state index contributed by atoms with van der Waals surface area (Å²) in [5.74, 6) is 0.848. The van der Waals surface area contributed by atoms with Gasteiger partial charge < -0.3 is 10.5 Å². The highest BCUT2D eigenvalue weighted by Gasteiger charge is 2.02. The maximum absolute atomic E-state index is 5.82. The molecule has 0 aliphatic carbocycles. The summed E-state index contributed by atoms with van der Waals surface area (Å²) in [6.07, 6.45) is 1.91. The van der Waals surface area contributed by atoms with Gasteiger partial charge >= 0.3 is 0 Å². The normalized spacial score (nSPS) is 10.1. The van der Waals surface area contributed by atoms with E-state index in [-0.39, 0.29) is 0 Å². The maximum Gasteiger partial charge on any atom is 0.123 e. The summed E-state index contributed by atoms with van der Waals surface area (Å²) in [7, 11) is 1.65. The van der Waals surface area contributed by atoms with E-state index in [1.807, 2.05) is 18.2 Å². The van der Waals surface area contributed by atoms with Crippen LogP contribution in [0, 0.1) is 0 Å². The minimum atomic E-state index is 0.700. The molecule has 0 aromatic heterocycles. The fourth-order valence-electron chi connectivity index (χ4n) is 1.22. The van der Waals surface area contributed by atoms with Crippen LogP contribution in [0.2, 0.25) is 5.02 Å². The zero-order valence-corrected chi connectivity index (χ0v) is 8.47. The number of aryl methyl sites for hydroxylation is 1. The summed E-state index contributed by atoms with van der Waals surface area (Å²) in [6.45, 7) is 0.700. The second-order valence-electron chi connectivity index (χ2n) is 2.85. The van der Waals surface area contributed by atoms with Crippen LogP contribution in [-0.2, 0) is 6.42 Å². The highest BCUT2D eigenvalue weighted by Crippen LogP contribution is 2.23. The number of methoxy groups -OCH3 is 1. The Labute approximate surface area is 83.6 Å². The lowest BCUT2D eigenvalue weighted by Crippen LogP contribution is -2.01. The van der Waals surface area contributed by atoms with Crippen LogP contribution < -0.4 is 10.5 Å². The molecule has 0 spiro atoms. The number of hydrogen-bond donors (Lipinski definition) is 1. The third-order valence-corrected chi connectivity index (χ3v) is 2.13. The van der Waals surface area contributed by atoms with Gasteiger partial charge in [0.2, 0.25) is 0 Å². The zero-order valence-electron chi connectivity index (χ0n) is 7.72. The van der Waals surface area contributed by atoms with Crippen molar-refractivity contribution >= 4 is 11.6 Å². The molecular formula is C10H14ClNO. The van der Waals surface area contributed by atoms with E-state index in [1.54, 1.807) is 7.11 Å². The molecule has 0 unspecified atom stereocenters. The predicted molar refractivity (Wildman–Crippen MR) is 55.4 cm³/mol. The van der Waals surface area contributed by atoms with Crippen molar-refractivity contribution in [3.05, 3.63) is 28.8 Å². The summed E-state index contributed by atoms with van der Waals surface area (Å²) in [5, 5.41) is 0.702. The lowest BCUT2D eigenvalue weighted by Gasteiger charge is -2.07. The van der Waals surface area contributed by atoms with Gasteiger partial charge in [-0.25, -0.2) is 0 Å². The molecule has 1 rings (SSSR count). The first kappa shape index (κ1) is 10.4. The fourth-order valence-corrected chi connectivity index (χ4v) is 1.38. The number of halogens is 1. The van der Waals surface area contributed by atoms with Crippen LogP contribution in [0.25, 0.3) is 0 Å². The topological polar surface area (TPSA) is 35.2 Å². The van der Waals surface area contributed by atoms with E-state index in [0.717, 1.165) is 24.2 Å². The molecule has 0 fully saturated rings. The maximum atomic E-state index is 5.82. The molecule has 2 N–H and O–H groups in total. The predicted octanol–water partition coefficient (Wildman–Crippen LogP) is 2.24. The van der Waals surface area contributed by atoms with Crippen molar-refractivity contribution in [3.8, 4) is 5.75 Å². The summed E-state index contributed by atoms with van der Waals surface area (Å²) in [6, 6.07) is 5.68. The summed E-state index contributed by atoms with van der Waals surface area (Å²) in [5.41, 5.74) is 6.60. The molecule has 0 radical (unpaired) electrons. The van der Waals surface area contributed by atoms with Gasteiger partial charge in [-0.2, -0.15) is 0 Å². The van der Waals surface area contributed by atoms with Gasteiger partial charge in [-0.3, -0.25) is 0 Å². The van der Waals surface area contributed by atoms with Crippen molar-refractivity contribution in [2.24, 2.45) is 5.73 Å². The first-order valence-corrected chi connectivity index (χ1v) is 4.68. The Kier molecular flexibility index (Phi) is 4.06. The summed E-state index contributed by atoms with van der Waals surface area (Å²) >= 11 is 5.82. The molecule has 0 atom stereocenters. The molecule has 0 bridgehead atoms. The molecule has 0 aliphatic rings. The van der Waals surface area contributed by atoms with Crippen LogP contribution in [0.1, 0.15) is 12.0 Å². The Morgan fingerprint density at radius 3 is 2.85 bits per heavy atom. The van der Waals surface area contributed by atoms with E-state index in [1.165, 1.54) is 0 Å². The monoisotopic (exact) mass is 199 g/mol. The Hall–Kier alpha value is -0.730. The Morgan fingerprint density at radius 2 is 2.23 bits per heavy atom. The van der Waals surface area contributed by atoms with E-state index in [2.05, 4.69) is 0 Å². The molecule has 72 valence electrons. The molecule has 1 aromatic carbocycles. The molecule has 0 heterocycles. The van der Waals surface area contributed by atoms with Crippen LogP contribution in [0.15, 0.2) is 18.2 Å². The Balaban J connectivity index is 2.79. The average molecular weight is 200 g/mol. The second kappa shape index (κ2) is 5.10. The lowest BCUT2D eigenvalue weighted by molar-refractivity contribution is 0.409. The molecular weight excluding hydrogens is 186 g/mol. The van der Waals surface area contributed by atoms with Crippen LogP contribution in [0.3, 0.4) is 0 Å². The van der Waals surface area contributed by atoms with E-state index >= 15 is 0 Å². The van der Waals surface area contributed by atoms with Crippen molar-refractivity contribution < 1.29 is 4.74 Å². The van der Waals surface area contributed by atoms with Crippen molar-refractivity contribution in [2.75, 3.05) is 13.7 Å². The molecule has 0 aliphatic heterocycles. The van der Waals surface area contributed by atoms with Gasteiger partial charge in [0.1, 0.15) is 5.75 Å². The van der Waals surface area contributed by atoms with Crippen molar-refractivity contribution in [1.82, 2.24) is 0 Å². The van der Waals surface area contributed by atoms with Gasteiger partial charge in [-0.15, -0.1) is 0 Å². The van der Waals surface area contributed by atoms with E-state index in [0.29, 0.717) is 11.6 Å². The Morgan fingerprint density at radius 1 is 1.46 bits per heavy atom. The molecule has 0 amide bonds. The van der Waals surface area contributed by atoms with Crippen molar-refractivity contribution in [3.63, 3.8) is 0 Å². The Bertz CT molecular complexity index is 276. The fraction of sp³-hybridized carbons (Fsp3) is 0.400. The first-order chi connectivity index (χ1) is 6.27. The third kappa shape index (κ3) is 2.90. The zero-order chi connectivity index (χ0) is 9.68. The number of benzene rings is 1. The summed E-state index contributed by atoms with van der Waals surface area (Å²) < 4.78 is 5.20. The largest absolute Gasteiger partial charge is 0.496 e. The molecule has 0 saturated carbocycles.